The van der Waals surface area contributed by atoms with Gasteiger partial charge < -0.3 is 25.2 Å². The number of carbonyl (C=O) groups is 3. The van der Waals surface area contributed by atoms with Crippen molar-refractivity contribution in [3.05, 3.63) is 24.3 Å². The summed E-state index contributed by atoms with van der Waals surface area (Å²) >= 11 is 0. The Hall–Kier alpha value is -2.04. The van der Waals surface area contributed by atoms with Gasteiger partial charge in [-0.15, -0.1) is 0 Å². The van der Waals surface area contributed by atoms with Gasteiger partial charge in [0.15, 0.2) is 6.10 Å². The van der Waals surface area contributed by atoms with Crippen molar-refractivity contribution in [1.29, 1.82) is 0 Å². The molecule has 0 aromatic carbocycles. The van der Waals surface area contributed by atoms with E-state index < -0.39 is 51.1 Å². The molecule has 0 aliphatic rings. The van der Waals surface area contributed by atoms with Crippen molar-refractivity contribution in [2.45, 2.75) is 244 Å². The zero-order chi connectivity index (χ0) is 44.2. The molecule has 0 spiro atoms. The fourth-order valence-electron chi connectivity index (χ4n) is 6.86. The number of carbonyl (C=O) groups excluding carboxylic acids is 2. The van der Waals surface area contributed by atoms with E-state index in [9.17, 15) is 23.8 Å². The van der Waals surface area contributed by atoms with Crippen LogP contribution in [0.2, 0.25) is 0 Å². The average Bonchev–Trinajstić information content (AvgIpc) is 3.22. The molecule has 0 fully saturated rings. The summed E-state index contributed by atoms with van der Waals surface area (Å²) in [6.45, 7) is 2.81. The molecule has 11 nitrogen and oxygen atoms in total. The zero-order valence-electron chi connectivity index (χ0n) is 38.3. The first-order valence-electron chi connectivity index (χ1n) is 24.4. The summed E-state index contributed by atoms with van der Waals surface area (Å²) in [7, 11) is -4.72. The molecule has 352 valence electrons. The number of nitrogens with two attached hydrogens (primary N) is 1. The van der Waals surface area contributed by atoms with Crippen LogP contribution in [0.5, 0.6) is 0 Å². The van der Waals surface area contributed by atoms with Gasteiger partial charge in [0, 0.05) is 12.8 Å². The molecular formula is C48H90NO10P. The zero-order valence-corrected chi connectivity index (χ0v) is 39.2. The number of phosphoric acid groups is 1. The van der Waals surface area contributed by atoms with Crippen LogP contribution in [0.4, 0.5) is 0 Å². The van der Waals surface area contributed by atoms with E-state index >= 15 is 0 Å². The molecule has 0 amide bonds. The number of ether oxygens (including phenoxy) is 2. The Balaban J connectivity index is 4.26. The number of carboxylic acid groups (broad SMARTS) is 1. The third-order valence-electron chi connectivity index (χ3n) is 10.7. The van der Waals surface area contributed by atoms with Crippen molar-refractivity contribution >= 4 is 25.7 Å². The fourth-order valence-corrected chi connectivity index (χ4v) is 7.64. The Kier molecular flexibility index (Phi) is 42.1. The highest BCUT2D eigenvalue weighted by atomic mass is 31.2. The van der Waals surface area contributed by atoms with Gasteiger partial charge in [0.2, 0.25) is 0 Å². The molecule has 0 aromatic rings. The molecule has 0 aromatic heterocycles. The number of aliphatic carboxylic acids is 1. The summed E-state index contributed by atoms with van der Waals surface area (Å²) < 4.78 is 32.8. The highest BCUT2D eigenvalue weighted by Gasteiger charge is 2.28. The maximum Gasteiger partial charge on any atom is 0.472 e. The Morgan fingerprint density at radius 2 is 0.883 bits per heavy atom. The van der Waals surface area contributed by atoms with Crippen molar-refractivity contribution < 1.29 is 47.5 Å². The molecule has 0 radical (unpaired) electrons. The molecule has 0 heterocycles. The van der Waals surface area contributed by atoms with Crippen molar-refractivity contribution in [3.63, 3.8) is 0 Å². The van der Waals surface area contributed by atoms with Gasteiger partial charge in [-0.05, 0) is 44.9 Å². The summed E-state index contributed by atoms with van der Waals surface area (Å²) in [6, 6.07) is -1.52. The number of esters is 2. The average molecular weight is 872 g/mol. The highest BCUT2D eigenvalue weighted by molar-refractivity contribution is 7.47. The second-order valence-corrected chi connectivity index (χ2v) is 18.1. The molecule has 0 aliphatic heterocycles. The van der Waals surface area contributed by atoms with Gasteiger partial charge in [0.05, 0.1) is 13.2 Å². The van der Waals surface area contributed by atoms with Crippen LogP contribution in [0.25, 0.3) is 0 Å². The molecule has 0 bridgehead atoms. The van der Waals surface area contributed by atoms with Crippen molar-refractivity contribution in [2.24, 2.45) is 5.73 Å². The third-order valence-corrected chi connectivity index (χ3v) is 11.7. The van der Waals surface area contributed by atoms with Crippen LogP contribution in [0, 0.1) is 0 Å². The number of hydrogen-bond acceptors (Lipinski definition) is 9. The van der Waals surface area contributed by atoms with Crippen LogP contribution in [-0.2, 0) is 37.5 Å². The van der Waals surface area contributed by atoms with E-state index in [2.05, 4.69) is 42.7 Å². The molecular weight excluding hydrogens is 781 g/mol. The predicted molar refractivity (Wildman–Crippen MR) is 245 cm³/mol. The molecule has 0 aliphatic carbocycles. The van der Waals surface area contributed by atoms with Crippen molar-refractivity contribution in [2.75, 3.05) is 19.8 Å². The van der Waals surface area contributed by atoms with Crippen LogP contribution in [-0.4, -0.2) is 59.9 Å². The summed E-state index contributed by atoms with van der Waals surface area (Å²) in [5, 5.41) is 8.91. The Bertz CT molecular complexity index is 1120. The first kappa shape index (κ1) is 58.0. The SMILES string of the molecule is CCCCC/C=C/C/C=C/CCCCCCCCCCCC(=O)OC[C@H](COP(=O)(O)OC[C@H](N)C(=O)O)OC(=O)CCCCCCCCCCCCCCCCCCC. The van der Waals surface area contributed by atoms with E-state index in [1.807, 2.05) is 0 Å². The fraction of sp³-hybridized carbons (Fsp3) is 0.854. The van der Waals surface area contributed by atoms with E-state index in [0.717, 1.165) is 51.4 Å². The molecule has 1 unspecified atom stereocenters. The normalized spacial score (nSPS) is 13.8. The lowest BCUT2D eigenvalue weighted by Crippen LogP contribution is -2.34. The third kappa shape index (κ3) is 42.6. The minimum absolute atomic E-state index is 0.165. The van der Waals surface area contributed by atoms with Crippen LogP contribution >= 0.6 is 7.82 Å². The second kappa shape index (κ2) is 43.6. The number of hydrogen-bond donors (Lipinski definition) is 3. The molecule has 60 heavy (non-hydrogen) atoms. The van der Waals surface area contributed by atoms with E-state index in [4.69, 9.17) is 24.8 Å². The molecule has 3 atom stereocenters. The molecule has 0 saturated carbocycles. The smallest absolute Gasteiger partial charge is 0.472 e. The first-order chi connectivity index (χ1) is 29.1. The number of carboxylic acids is 1. The van der Waals surface area contributed by atoms with E-state index in [1.54, 1.807) is 0 Å². The van der Waals surface area contributed by atoms with Crippen LogP contribution < -0.4 is 5.73 Å². The summed E-state index contributed by atoms with van der Waals surface area (Å²) in [5.41, 5.74) is 5.35. The summed E-state index contributed by atoms with van der Waals surface area (Å²) in [4.78, 5) is 46.1. The quantitative estimate of drug-likeness (QED) is 0.0230. The Labute approximate surface area is 366 Å². The number of unbranched alkanes of at least 4 members (excludes halogenated alkanes) is 28. The number of allylic oxidation sites excluding steroid dienone is 4. The number of phosphoric ester groups is 1. The maximum atomic E-state index is 12.7. The predicted octanol–water partition coefficient (Wildman–Crippen LogP) is 13.4. The van der Waals surface area contributed by atoms with Gasteiger partial charge in [-0.2, -0.15) is 0 Å². The second-order valence-electron chi connectivity index (χ2n) is 16.6. The van der Waals surface area contributed by atoms with E-state index in [1.165, 1.54) is 141 Å². The van der Waals surface area contributed by atoms with Crippen LogP contribution in [0.3, 0.4) is 0 Å². The molecule has 0 rings (SSSR count). The maximum absolute atomic E-state index is 12.7. The van der Waals surface area contributed by atoms with Crippen LogP contribution in [0.15, 0.2) is 24.3 Å². The Morgan fingerprint density at radius 3 is 1.33 bits per heavy atom. The topological polar surface area (TPSA) is 172 Å². The van der Waals surface area contributed by atoms with E-state index in [-0.39, 0.29) is 19.4 Å². The molecule has 12 heteroatoms. The lowest BCUT2D eigenvalue weighted by atomic mass is 10.0. The van der Waals surface area contributed by atoms with Gasteiger partial charge in [-0.3, -0.25) is 23.4 Å². The van der Waals surface area contributed by atoms with Gasteiger partial charge >= 0.3 is 25.7 Å². The Morgan fingerprint density at radius 1 is 0.517 bits per heavy atom. The lowest BCUT2D eigenvalue weighted by molar-refractivity contribution is -0.161. The highest BCUT2D eigenvalue weighted by Crippen LogP contribution is 2.43. The van der Waals surface area contributed by atoms with Gasteiger partial charge in [-0.25, -0.2) is 4.57 Å². The molecule has 4 N–H and O–H groups in total. The lowest BCUT2D eigenvalue weighted by Gasteiger charge is -2.20. The van der Waals surface area contributed by atoms with Gasteiger partial charge in [0.25, 0.3) is 0 Å². The van der Waals surface area contributed by atoms with Crippen molar-refractivity contribution in [1.82, 2.24) is 0 Å². The monoisotopic (exact) mass is 872 g/mol. The van der Waals surface area contributed by atoms with Crippen molar-refractivity contribution in [3.8, 4) is 0 Å². The standard InChI is InChI=1S/C48H90NO10P/c1-3-5-7-9-11-13-15-17-19-21-22-24-25-27-29-31-33-35-37-39-46(50)56-41-44(42-57-60(54,55)58-43-45(49)48(52)53)59-47(51)40-38-36-34-32-30-28-26-23-20-18-16-14-12-10-8-6-4-2/h11,13,17,19,44-45H,3-10,12,14-16,18,20-43,49H2,1-2H3,(H,52,53)(H,54,55)/b13-11+,19-17+/t44-,45+/m1/s1. The largest absolute Gasteiger partial charge is 0.480 e. The van der Waals surface area contributed by atoms with Gasteiger partial charge in [-0.1, -0.05) is 199 Å². The van der Waals surface area contributed by atoms with E-state index in [0.29, 0.717) is 12.8 Å². The first-order valence-corrected chi connectivity index (χ1v) is 25.9. The molecule has 0 saturated heterocycles. The minimum Gasteiger partial charge on any atom is -0.480 e. The minimum atomic E-state index is -4.72. The van der Waals surface area contributed by atoms with Gasteiger partial charge in [0.1, 0.15) is 12.6 Å². The summed E-state index contributed by atoms with van der Waals surface area (Å²) in [5.74, 6) is -2.37. The van der Waals surface area contributed by atoms with Crippen LogP contribution in [0.1, 0.15) is 232 Å². The summed E-state index contributed by atoms with van der Waals surface area (Å²) in [6.07, 6.45) is 46.6. The number of rotatable bonds is 46.